The first-order chi connectivity index (χ1) is 12.0. The third kappa shape index (κ3) is 4.50. The van der Waals surface area contributed by atoms with Crippen LogP contribution in [0.3, 0.4) is 0 Å². The molecule has 6 heteroatoms. The molecule has 1 aromatic heterocycles. The molecule has 0 radical (unpaired) electrons. The lowest BCUT2D eigenvalue weighted by Gasteiger charge is -2.22. The lowest BCUT2D eigenvalue weighted by Crippen LogP contribution is -2.35. The van der Waals surface area contributed by atoms with Crippen molar-refractivity contribution < 1.29 is 9.90 Å². The number of aryl methyl sites for hydroxylation is 1. The highest BCUT2D eigenvalue weighted by Crippen LogP contribution is 2.19. The minimum atomic E-state index is 0.0147. The minimum absolute atomic E-state index is 0.0147. The van der Waals surface area contributed by atoms with E-state index in [1.807, 2.05) is 11.8 Å². The molecule has 3 rings (SSSR count). The van der Waals surface area contributed by atoms with Gasteiger partial charge < -0.3 is 10.0 Å². The summed E-state index contributed by atoms with van der Waals surface area (Å²) in [5, 5.41) is 10.6. The minimum Gasteiger partial charge on any atom is -0.506 e. The number of nitrogens with zero attached hydrogens (tertiary/aromatic N) is 3. The topological polar surface area (TPSA) is 56.7 Å². The van der Waals surface area contributed by atoms with Gasteiger partial charge in [0, 0.05) is 49.0 Å². The Morgan fingerprint density at radius 2 is 2.04 bits per heavy atom. The van der Waals surface area contributed by atoms with Gasteiger partial charge in [-0.2, -0.15) is 0 Å². The summed E-state index contributed by atoms with van der Waals surface area (Å²) in [6.07, 6.45) is 0.888. The summed E-state index contributed by atoms with van der Waals surface area (Å²) in [7, 11) is 0. The summed E-state index contributed by atoms with van der Waals surface area (Å²) in [6.45, 7) is 5.49. The number of aromatic hydroxyl groups is 1. The van der Waals surface area contributed by atoms with Gasteiger partial charge in [0.25, 0.3) is 5.91 Å². The van der Waals surface area contributed by atoms with Gasteiger partial charge in [-0.15, -0.1) is 0 Å². The molecule has 1 aromatic carbocycles. The first-order valence-electron chi connectivity index (χ1n) is 8.45. The zero-order valence-electron chi connectivity index (χ0n) is 14.3. The van der Waals surface area contributed by atoms with Crippen LogP contribution in [-0.4, -0.2) is 52.0 Å². The number of carbonyl (C=O) groups excluding carboxylic acids is 1. The molecule has 0 bridgehead atoms. The van der Waals surface area contributed by atoms with E-state index in [9.17, 15) is 9.90 Å². The van der Waals surface area contributed by atoms with Gasteiger partial charge in [0.2, 0.25) is 0 Å². The number of hydrogen-bond acceptors (Lipinski definition) is 4. The molecule has 0 saturated carbocycles. The number of carbonyl (C=O) groups is 1. The fraction of sp³-hybridized carbons (Fsp3) is 0.368. The standard InChI is InChI=1S/C19H22ClN3O2/c1-14-6-7-18(24)17(21-14)13-22-8-3-9-23(11-10-22)19(25)15-4-2-5-16(20)12-15/h2,4-7,12,24H,3,8-11,13H2,1H3. The van der Waals surface area contributed by atoms with E-state index in [4.69, 9.17) is 11.6 Å². The molecule has 25 heavy (non-hydrogen) atoms. The molecule has 5 nitrogen and oxygen atoms in total. The third-order valence-corrected chi connectivity index (χ3v) is 4.65. The number of halogens is 1. The van der Waals surface area contributed by atoms with Gasteiger partial charge in [-0.1, -0.05) is 17.7 Å². The molecule has 2 aromatic rings. The van der Waals surface area contributed by atoms with E-state index in [1.54, 1.807) is 36.4 Å². The predicted octanol–water partition coefficient (Wildman–Crippen LogP) is 3.10. The smallest absolute Gasteiger partial charge is 0.253 e. The summed E-state index contributed by atoms with van der Waals surface area (Å²) < 4.78 is 0. The number of hydrogen-bond donors (Lipinski definition) is 1. The summed E-state index contributed by atoms with van der Waals surface area (Å²) in [5.41, 5.74) is 2.20. The van der Waals surface area contributed by atoms with Crippen molar-refractivity contribution >= 4 is 17.5 Å². The Morgan fingerprint density at radius 1 is 1.20 bits per heavy atom. The van der Waals surface area contributed by atoms with Gasteiger partial charge in [-0.05, 0) is 43.7 Å². The summed E-state index contributed by atoms with van der Waals surface area (Å²) in [5.74, 6) is 0.239. The molecule has 1 N–H and O–H groups in total. The van der Waals surface area contributed by atoms with Crippen molar-refractivity contribution in [2.75, 3.05) is 26.2 Å². The van der Waals surface area contributed by atoms with Gasteiger partial charge in [0.15, 0.2) is 0 Å². The van der Waals surface area contributed by atoms with Crippen LogP contribution in [0.15, 0.2) is 36.4 Å². The van der Waals surface area contributed by atoms with Crippen LogP contribution >= 0.6 is 11.6 Å². The monoisotopic (exact) mass is 359 g/mol. The van der Waals surface area contributed by atoms with Crippen LogP contribution in [0.1, 0.15) is 28.2 Å². The Bertz CT molecular complexity index is 766. The number of pyridine rings is 1. The SMILES string of the molecule is Cc1ccc(O)c(CN2CCCN(C(=O)c3cccc(Cl)c3)CC2)n1. The van der Waals surface area contributed by atoms with E-state index in [2.05, 4.69) is 9.88 Å². The normalized spacial score (nSPS) is 15.8. The molecule has 1 amide bonds. The molecule has 1 aliphatic heterocycles. The van der Waals surface area contributed by atoms with Gasteiger partial charge in [-0.3, -0.25) is 14.7 Å². The second kappa shape index (κ2) is 7.85. The lowest BCUT2D eigenvalue weighted by molar-refractivity contribution is 0.0761. The third-order valence-electron chi connectivity index (χ3n) is 4.41. The van der Waals surface area contributed by atoms with Crippen molar-refractivity contribution in [2.24, 2.45) is 0 Å². The van der Waals surface area contributed by atoms with E-state index in [1.165, 1.54) is 0 Å². The molecule has 0 unspecified atom stereocenters. The maximum Gasteiger partial charge on any atom is 0.253 e. The van der Waals surface area contributed by atoms with Gasteiger partial charge in [-0.25, -0.2) is 0 Å². The van der Waals surface area contributed by atoms with Crippen LogP contribution < -0.4 is 0 Å². The number of amides is 1. The van der Waals surface area contributed by atoms with Crippen LogP contribution in [0, 0.1) is 6.92 Å². The van der Waals surface area contributed by atoms with E-state index < -0.39 is 0 Å². The predicted molar refractivity (Wildman–Crippen MR) is 97.9 cm³/mol. The van der Waals surface area contributed by atoms with E-state index in [0.717, 1.165) is 31.7 Å². The average Bonchev–Trinajstić information content (AvgIpc) is 2.83. The fourth-order valence-corrected chi connectivity index (χ4v) is 3.26. The average molecular weight is 360 g/mol. The molecular formula is C19H22ClN3O2. The van der Waals surface area contributed by atoms with Crippen LogP contribution in [0.4, 0.5) is 0 Å². The number of rotatable bonds is 3. The van der Waals surface area contributed by atoms with Gasteiger partial charge in [0.05, 0.1) is 5.69 Å². The maximum atomic E-state index is 12.7. The Hall–Kier alpha value is -2.11. The molecule has 0 aliphatic carbocycles. The lowest BCUT2D eigenvalue weighted by atomic mass is 10.2. The fourth-order valence-electron chi connectivity index (χ4n) is 3.07. The summed E-state index contributed by atoms with van der Waals surface area (Å²) >= 11 is 5.99. The molecule has 1 fully saturated rings. The van der Waals surface area contributed by atoms with Crippen molar-refractivity contribution in [1.82, 2.24) is 14.8 Å². The van der Waals surface area contributed by atoms with Crippen LogP contribution in [-0.2, 0) is 6.54 Å². The Kier molecular flexibility index (Phi) is 5.56. The van der Waals surface area contributed by atoms with Gasteiger partial charge in [0.1, 0.15) is 5.75 Å². The number of benzene rings is 1. The van der Waals surface area contributed by atoms with E-state index in [-0.39, 0.29) is 11.7 Å². The molecule has 1 saturated heterocycles. The highest BCUT2D eigenvalue weighted by atomic mass is 35.5. The van der Waals surface area contributed by atoms with Gasteiger partial charge >= 0.3 is 0 Å². The van der Waals surface area contributed by atoms with Crippen LogP contribution in [0.25, 0.3) is 0 Å². The highest BCUT2D eigenvalue weighted by Gasteiger charge is 2.21. The zero-order chi connectivity index (χ0) is 17.8. The summed E-state index contributed by atoms with van der Waals surface area (Å²) in [6, 6.07) is 10.6. The van der Waals surface area contributed by atoms with Crippen molar-refractivity contribution in [3.05, 3.63) is 58.4 Å². The molecule has 0 atom stereocenters. The Balaban J connectivity index is 1.64. The zero-order valence-corrected chi connectivity index (χ0v) is 15.0. The second-order valence-electron chi connectivity index (χ2n) is 6.35. The second-order valence-corrected chi connectivity index (χ2v) is 6.79. The molecule has 2 heterocycles. The van der Waals surface area contributed by atoms with Crippen molar-refractivity contribution in [2.45, 2.75) is 19.9 Å². The molecule has 1 aliphatic rings. The summed E-state index contributed by atoms with van der Waals surface area (Å²) in [4.78, 5) is 21.2. The number of aromatic nitrogens is 1. The van der Waals surface area contributed by atoms with Crippen molar-refractivity contribution in [3.8, 4) is 5.75 Å². The van der Waals surface area contributed by atoms with Crippen LogP contribution in [0.5, 0.6) is 5.75 Å². The molecule has 132 valence electrons. The Morgan fingerprint density at radius 3 is 2.84 bits per heavy atom. The largest absolute Gasteiger partial charge is 0.506 e. The molecular weight excluding hydrogens is 338 g/mol. The van der Waals surface area contributed by atoms with E-state index in [0.29, 0.717) is 29.4 Å². The Labute approximate surface area is 152 Å². The van der Waals surface area contributed by atoms with Crippen molar-refractivity contribution in [3.63, 3.8) is 0 Å². The van der Waals surface area contributed by atoms with Crippen LogP contribution in [0.2, 0.25) is 5.02 Å². The van der Waals surface area contributed by atoms with Crippen molar-refractivity contribution in [1.29, 1.82) is 0 Å². The maximum absolute atomic E-state index is 12.7. The first kappa shape index (κ1) is 17.7. The molecule has 0 spiro atoms. The van der Waals surface area contributed by atoms with E-state index >= 15 is 0 Å². The first-order valence-corrected chi connectivity index (χ1v) is 8.83. The highest BCUT2D eigenvalue weighted by molar-refractivity contribution is 6.30. The quantitative estimate of drug-likeness (QED) is 0.914.